The summed E-state index contributed by atoms with van der Waals surface area (Å²) < 4.78 is 2.22. The van der Waals surface area contributed by atoms with Crippen molar-refractivity contribution in [1.82, 2.24) is 9.38 Å². The highest BCUT2D eigenvalue weighted by molar-refractivity contribution is 5.43. The van der Waals surface area contributed by atoms with Gasteiger partial charge >= 0.3 is 0 Å². The number of nitrogens with zero attached hydrogens (tertiary/aromatic N) is 2. The quantitative estimate of drug-likeness (QED) is 0.621. The second kappa shape index (κ2) is 2.84. The SMILES string of the molecule is Cc1cccc2ncc(C(C)(C)C)n12. The van der Waals surface area contributed by atoms with E-state index in [1.165, 1.54) is 11.4 Å². The molecule has 2 heterocycles. The minimum Gasteiger partial charge on any atom is -0.301 e. The van der Waals surface area contributed by atoms with Gasteiger partial charge in [-0.3, -0.25) is 0 Å². The number of rotatable bonds is 0. The lowest BCUT2D eigenvalue weighted by Gasteiger charge is -2.18. The molecule has 0 saturated carbocycles. The second-order valence-corrected chi connectivity index (χ2v) is 4.75. The molecule has 0 amide bonds. The molecule has 0 bridgehead atoms. The van der Waals surface area contributed by atoms with E-state index in [-0.39, 0.29) is 5.41 Å². The smallest absolute Gasteiger partial charge is 0.137 e. The Morgan fingerprint density at radius 1 is 1.21 bits per heavy atom. The van der Waals surface area contributed by atoms with Crippen LogP contribution in [0.4, 0.5) is 0 Å². The summed E-state index contributed by atoms with van der Waals surface area (Å²) in [4.78, 5) is 4.41. The van der Waals surface area contributed by atoms with E-state index in [4.69, 9.17) is 0 Å². The fourth-order valence-electron chi connectivity index (χ4n) is 1.73. The number of fused-ring (bicyclic) bond motifs is 1. The summed E-state index contributed by atoms with van der Waals surface area (Å²) in [7, 11) is 0. The molecule has 2 nitrogen and oxygen atoms in total. The third kappa shape index (κ3) is 1.31. The van der Waals surface area contributed by atoms with E-state index in [2.05, 4.69) is 43.1 Å². The zero-order valence-electron chi connectivity index (χ0n) is 9.20. The Morgan fingerprint density at radius 3 is 2.57 bits per heavy atom. The third-order valence-electron chi connectivity index (χ3n) is 2.49. The average molecular weight is 188 g/mol. The van der Waals surface area contributed by atoms with Gasteiger partial charge < -0.3 is 4.40 Å². The van der Waals surface area contributed by atoms with Crippen molar-refractivity contribution in [2.24, 2.45) is 0 Å². The van der Waals surface area contributed by atoms with Gasteiger partial charge in [-0.15, -0.1) is 0 Å². The van der Waals surface area contributed by atoms with Crippen LogP contribution in [0.1, 0.15) is 32.2 Å². The average Bonchev–Trinajstić information content (AvgIpc) is 2.47. The molecule has 0 aliphatic heterocycles. The first kappa shape index (κ1) is 9.25. The molecule has 0 atom stereocenters. The molecule has 0 unspecified atom stereocenters. The number of aryl methyl sites for hydroxylation is 1. The van der Waals surface area contributed by atoms with Crippen LogP contribution in [0.2, 0.25) is 0 Å². The fraction of sp³-hybridized carbons (Fsp3) is 0.417. The van der Waals surface area contributed by atoms with E-state index in [0.717, 1.165) is 5.65 Å². The maximum Gasteiger partial charge on any atom is 0.137 e. The van der Waals surface area contributed by atoms with Crippen LogP contribution >= 0.6 is 0 Å². The van der Waals surface area contributed by atoms with Crippen molar-refractivity contribution in [3.8, 4) is 0 Å². The molecular weight excluding hydrogens is 172 g/mol. The Labute approximate surface area is 84.6 Å². The molecule has 0 saturated heterocycles. The number of aromatic nitrogens is 2. The standard InChI is InChI=1S/C12H16N2/c1-9-6-5-7-11-13-8-10(14(9)11)12(2,3)4/h5-8H,1-4H3. The normalized spacial score (nSPS) is 12.3. The van der Waals surface area contributed by atoms with Gasteiger partial charge in [0.05, 0.1) is 0 Å². The molecule has 0 aromatic carbocycles. The highest BCUT2D eigenvalue weighted by atomic mass is 15.0. The number of hydrogen-bond acceptors (Lipinski definition) is 1. The number of pyridine rings is 1. The van der Waals surface area contributed by atoms with Crippen LogP contribution in [0.5, 0.6) is 0 Å². The minimum absolute atomic E-state index is 0.144. The molecule has 74 valence electrons. The monoisotopic (exact) mass is 188 g/mol. The van der Waals surface area contributed by atoms with Crippen molar-refractivity contribution >= 4 is 5.65 Å². The number of imidazole rings is 1. The van der Waals surface area contributed by atoms with Gasteiger partial charge in [0.2, 0.25) is 0 Å². The summed E-state index contributed by atoms with van der Waals surface area (Å²) >= 11 is 0. The van der Waals surface area contributed by atoms with Gasteiger partial charge in [0, 0.05) is 23.0 Å². The molecule has 2 aromatic heterocycles. The Balaban J connectivity index is 2.80. The molecule has 0 radical (unpaired) electrons. The molecular formula is C12H16N2. The summed E-state index contributed by atoms with van der Waals surface area (Å²) in [5.74, 6) is 0. The first-order valence-corrected chi connectivity index (χ1v) is 4.94. The van der Waals surface area contributed by atoms with Gasteiger partial charge in [-0.2, -0.15) is 0 Å². The van der Waals surface area contributed by atoms with E-state index < -0.39 is 0 Å². The molecule has 2 rings (SSSR count). The van der Waals surface area contributed by atoms with Crippen molar-refractivity contribution in [3.63, 3.8) is 0 Å². The van der Waals surface area contributed by atoms with Crippen molar-refractivity contribution in [3.05, 3.63) is 35.8 Å². The van der Waals surface area contributed by atoms with Crippen molar-refractivity contribution < 1.29 is 0 Å². The van der Waals surface area contributed by atoms with Crippen LogP contribution in [0, 0.1) is 6.92 Å². The first-order valence-electron chi connectivity index (χ1n) is 4.94. The molecule has 0 aliphatic rings. The van der Waals surface area contributed by atoms with E-state index in [1.54, 1.807) is 0 Å². The van der Waals surface area contributed by atoms with Crippen molar-refractivity contribution in [2.75, 3.05) is 0 Å². The van der Waals surface area contributed by atoms with Crippen molar-refractivity contribution in [2.45, 2.75) is 33.1 Å². The molecule has 2 aromatic rings. The molecule has 0 N–H and O–H groups in total. The van der Waals surface area contributed by atoms with Crippen LogP contribution in [-0.4, -0.2) is 9.38 Å². The highest BCUT2D eigenvalue weighted by Gasteiger charge is 2.18. The Hall–Kier alpha value is -1.31. The van der Waals surface area contributed by atoms with Crippen LogP contribution in [0.25, 0.3) is 5.65 Å². The van der Waals surface area contributed by atoms with Gasteiger partial charge in [0.1, 0.15) is 5.65 Å². The Kier molecular flexibility index (Phi) is 1.88. The summed E-state index contributed by atoms with van der Waals surface area (Å²) in [5.41, 5.74) is 3.69. The number of hydrogen-bond donors (Lipinski definition) is 0. The van der Waals surface area contributed by atoms with Crippen LogP contribution < -0.4 is 0 Å². The molecule has 2 heteroatoms. The Morgan fingerprint density at radius 2 is 1.93 bits per heavy atom. The zero-order chi connectivity index (χ0) is 10.3. The van der Waals surface area contributed by atoms with Crippen LogP contribution in [0.15, 0.2) is 24.4 Å². The summed E-state index contributed by atoms with van der Waals surface area (Å²) in [6, 6.07) is 6.20. The summed E-state index contributed by atoms with van der Waals surface area (Å²) in [5, 5.41) is 0. The lowest BCUT2D eigenvalue weighted by Crippen LogP contribution is -2.15. The Bertz CT molecular complexity index is 461. The predicted molar refractivity (Wildman–Crippen MR) is 58.6 cm³/mol. The van der Waals surface area contributed by atoms with Crippen LogP contribution in [-0.2, 0) is 5.41 Å². The van der Waals surface area contributed by atoms with Gasteiger partial charge in [-0.25, -0.2) is 4.98 Å². The molecule has 14 heavy (non-hydrogen) atoms. The van der Waals surface area contributed by atoms with Gasteiger partial charge in [-0.1, -0.05) is 26.8 Å². The van der Waals surface area contributed by atoms with Gasteiger partial charge in [-0.05, 0) is 19.1 Å². The molecule has 0 aliphatic carbocycles. The largest absolute Gasteiger partial charge is 0.301 e. The predicted octanol–water partition coefficient (Wildman–Crippen LogP) is 2.94. The van der Waals surface area contributed by atoms with E-state index in [0.29, 0.717) is 0 Å². The highest BCUT2D eigenvalue weighted by Crippen LogP contribution is 2.23. The lowest BCUT2D eigenvalue weighted by atomic mass is 9.93. The summed E-state index contributed by atoms with van der Waals surface area (Å²) in [6.07, 6.45) is 1.97. The molecule has 0 fully saturated rings. The summed E-state index contributed by atoms with van der Waals surface area (Å²) in [6.45, 7) is 8.75. The van der Waals surface area contributed by atoms with Crippen molar-refractivity contribution in [1.29, 1.82) is 0 Å². The van der Waals surface area contributed by atoms with E-state index in [9.17, 15) is 0 Å². The maximum absolute atomic E-state index is 4.41. The lowest BCUT2D eigenvalue weighted by molar-refractivity contribution is 0.561. The van der Waals surface area contributed by atoms with Gasteiger partial charge in [0.15, 0.2) is 0 Å². The zero-order valence-corrected chi connectivity index (χ0v) is 9.20. The minimum atomic E-state index is 0.144. The van der Waals surface area contributed by atoms with Gasteiger partial charge in [0.25, 0.3) is 0 Å². The van der Waals surface area contributed by atoms with E-state index >= 15 is 0 Å². The maximum atomic E-state index is 4.41. The molecule has 0 spiro atoms. The third-order valence-corrected chi connectivity index (χ3v) is 2.49. The van der Waals surface area contributed by atoms with E-state index in [1.807, 2.05) is 18.3 Å². The fourth-order valence-corrected chi connectivity index (χ4v) is 1.73. The second-order valence-electron chi connectivity index (χ2n) is 4.75. The first-order chi connectivity index (χ1) is 6.50. The topological polar surface area (TPSA) is 17.3 Å². The van der Waals surface area contributed by atoms with Crippen LogP contribution in [0.3, 0.4) is 0 Å².